The zero-order valence-corrected chi connectivity index (χ0v) is 10.3. The van der Waals surface area contributed by atoms with Gasteiger partial charge in [0.15, 0.2) is 0 Å². The highest BCUT2D eigenvalue weighted by Gasteiger charge is 2.08. The molecule has 0 unspecified atom stereocenters. The van der Waals surface area contributed by atoms with Crippen molar-refractivity contribution in [3.8, 4) is 0 Å². The van der Waals surface area contributed by atoms with E-state index < -0.39 is 0 Å². The van der Waals surface area contributed by atoms with Crippen LogP contribution in [0.15, 0.2) is 48.5 Å². The smallest absolute Gasteiger partial charge is 0.123 e. The SMILES string of the molecule is COCN(c1ccc(N)cc1)c1ccc(N)cc1. The summed E-state index contributed by atoms with van der Waals surface area (Å²) in [6.45, 7) is 0.466. The Hall–Kier alpha value is -2.20. The molecule has 0 aliphatic rings. The fourth-order valence-electron chi connectivity index (χ4n) is 1.74. The van der Waals surface area contributed by atoms with Crippen LogP contribution >= 0.6 is 0 Å². The van der Waals surface area contributed by atoms with E-state index in [2.05, 4.69) is 0 Å². The predicted octanol–water partition coefficient (Wildman–Crippen LogP) is 2.59. The molecule has 4 heteroatoms. The molecule has 0 radical (unpaired) electrons. The summed E-state index contributed by atoms with van der Waals surface area (Å²) < 4.78 is 5.24. The minimum atomic E-state index is 0.466. The van der Waals surface area contributed by atoms with E-state index in [0.717, 1.165) is 22.7 Å². The molecular weight excluding hydrogens is 226 g/mol. The number of anilines is 4. The van der Waals surface area contributed by atoms with E-state index in [-0.39, 0.29) is 0 Å². The monoisotopic (exact) mass is 243 g/mol. The fraction of sp³-hybridized carbons (Fsp3) is 0.143. The Bertz CT molecular complexity index is 448. The van der Waals surface area contributed by atoms with Gasteiger partial charge in [0.2, 0.25) is 0 Å². The maximum Gasteiger partial charge on any atom is 0.123 e. The molecule has 2 aromatic rings. The van der Waals surface area contributed by atoms with Gasteiger partial charge in [0.05, 0.1) is 0 Å². The van der Waals surface area contributed by atoms with E-state index in [1.54, 1.807) is 7.11 Å². The van der Waals surface area contributed by atoms with Gasteiger partial charge in [-0.2, -0.15) is 0 Å². The summed E-state index contributed by atoms with van der Waals surface area (Å²) >= 11 is 0. The van der Waals surface area contributed by atoms with Gasteiger partial charge in [-0.15, -0.1) is 0 Å². The zero-order valence-electron chi connectivity index (χ0n) is 10.3. The first-order valence-corrected chi connectivity index (χ1v) is 5.68. The van der Waals surface area contributed by atoms with Crippen LogP contribution in [0.1, 0.15) is 0 Å². The van der Waals surface area contributed by atoms with E-state index in [1.807, 2.05) is 53.4 Å². The van der Waals surface area contributed by atoms with Crippen molar-refractivity contribution in [2.75, 3.05) is 30.2 Å². The van der Waals surface area contributed by atoms with Crippen LogP contribution in [-0.2, 0) is 4.74 Å². The number of nitrogen functional groups attached to an aromatic ring is 2. The van der Waals surface area contributed by atoms with Gasteiger partial charge in [0.1, 0.15) is 6.73 Å². The van der Waals surface area contributed by atoms with Crippen molar-refractivity contribution in [2.45, 2.75) is 0 Å². The summed E-state index contributed by atoms with van der Waals surface area (Å²) in [6.07, 6.45) is 0. The number of ether oxygens (including phenoxy) is 1. The van der Waals surface area contributed by atoms with Crippen molar-refractivity contribution in [1.29, 1.82) is 0 Å². The molecule has 0 atom stereocenters. The molecule has 4 nitrogen and oxygen atoms in total. The standard InChI is InChI=1S/C14H17N3O/c1-18-10-17(13-6-2-11(15)3-7-13)14-8-4-12(16)5-9-14/h2-9H,10,15-16H2,1H3. The summed E-state index contributed by atoms with van der Waals surface area (Å²) in [4.78, 5) is 2.04. The maximum atomic E-state index is 5.69. The third-order valence-corrected chi connectivity index (χ3v) is 2.67. The van der Waals surface area contributed by atoms with Crippen molar-refractivity contribution >= 4 is 22.7 Å². The van der Waals surface area contributed by atoms with Crippen LogP contribution in [0.4, 0.5) is 22.7 Å². The number of nitrogens with zero attached hydrogens (tertiary/aromatic N) is 1. The molecule has 0 aliphatic carbocycles. The molecule has 2 rings (SSSR count). The number of nitrogens with two attached hydrogens (primary N) is 2. The second-order valence-corrected chi connectivity index (χ2v) is 4.03. The summed E-state index contributed by atoms with van der Waals surface area (Å²) in [7, 11) is 1.67. The second kappa shape index (κ2) is 5.42. The van der Waals surface area contributed by atoms with Crippen LogP contribution in [0.2, 0.25) is 0 Å². The summed E-state index contributed by atoms with van der Waals surface area (Å²) in [5.74, 6) is 0. The van der Waals surface area contributed by atoms with Crippen LogP contribution in [0, 0.1) is 0 Å². The Morgan fingerprint density at radius 3 is 1.56 bits per heavy atom. The lowest BCUT2D eigenvalue weighted by atomic mass is 10.2. The molecule has 0 aromatic heterocycles. The van der Waals surface area contributed by atoms with E-state index in [0.29, 0.717) is 6.73 Å². The second-order valence-electron chi connectivity index (χ2n) is 4.03. The highest BCUT2D eigenvalue weighted by molar-refractivity contribution is 5.66. The van der Waals surface area contributed by atoms with Crippen molar-refractivity contribution in [3.63, 3.8) is 0 Å². The number of methoxy groups -OCH3 is 1. The number of benzene rings is 2. The van der Waals surface area contributed by atoms with Crippen LogP contribution in [0.3, 0.4) is 0 Å². The molecule has 0 fully saturated rings. The molecule has 94 valence electrons. The Balaban J connectivity index is 2.33. The molecule has 18 heavy (non-hydrogen) atoms. The topological polar surface area (TPSA) is 64.5 Å². The van der Waals surface area contributed by atoms with Gasteiger partial charge in [-0.3, -0.25) is 0 Å². The average Bonchev–Trinajstić information content (AvgIpc) is 2.39. The van der Waals surface area contributed by atoms with E-state index in [9.17, 15) is 0 Å². The molecular formula is C14H17N3O. The van der Waals surface area contributed by atoms with Crippen molar-refractivity contribution in [2.24, 2.45) is 0 Å². The highest BCUT2D eigenvalue weighted by Crippen LogP contribution is 2.26. The quantitative estimate of drug-likeness (QED) is 0.640. The molecule has 0 saturated heterocycles. The number of hydrogen-bond acceptors (Lipinski definition) is 4. The molecule has 0 saturated carbocycles. The molecule has 4 N–H and O–H groups in total. The van der Waals surface area contributed by atoms with E-state index >= 15 is 0 Å². The van der Waals surface area contributed by atoms with Gasteiger partial charge in [0.25, 0.3) is 0 Å². The van der Waals surface area contributed by atoms with Gasteiger partial charge in [-0.1, -0.05) is 0 Å². The minimum Gasteiger partial charge on any atom is -0.399 e. The largest absolute Gasteiger partial charge is 0.399 e. The Morgan fingerprint density at radius 1 is 0.833 bits per heavy atom. The van der Waals surface area contributed by atoms with Crippen LogP contribution < -0.4 is 16.4 Å². The van der Waals surface area contributed by atoms with Crippen LogP contribution in [-0.4, -0.2) is 13.8 Å². The zero-order chi connectivity index (χ0) is 13.0. The first-order chi connectivity index (χ1) is 8.70. The van der Waals surface area contributed by atoms with Crippen molar-refractivity contribution in [3.05, 3.63) is 48.5 Å². The molecule has 0 spiro atoms. The fourth-order valence-corrected chi connectivity index (χ4v) is 1.74. The van der Waals surface area contributed by atoms with Crippen molar-refractivity contribution < 1.29 is 4.74 Å². The van der Waals surface area contributed by atoms with Gasteiger partial charge < -0.3 is 21.1 Å². The van der Waals surface area contributed by atoms with Crippen molar-refractivity contribution in [1.82, 2.24) is 0 Å². The maximum absolute atomic E-state index is 5.69. The third kappa shape index (κ3) is 2.73. The van der Waals surface area contributed by atoms with Gasteiger partial charge in [-0.05, 0) is 48.5 Å². The molecule has 0 amide bonds. The van der Waals surface area contributed by atoms with Gasteiger partial charge in [-0.25, -0.2) is 0 Å². The molecule has 0 aliphatic heterocycles. The van der Waals surface area contributed by atoms with E-state index in [1.165, 1.54) is 0 Å². The molecule has 0 bridgehead atoms. The highest BCUT2D eigenvalue weighted by atomic mass is 16.5. The predicted molar refractivity (Wildman–Crippen MR) is 75.7 cm³/mol. The summed E-state index contributed by atoms with van der Waals surface area (Å²) in [6, 6.07) is 15.3. The normalized spacial score (nSPS) is 10.3. The summed E-state index contributed by atoms with van der Waals surface area (Å²) in [5, 5.41) is 0. The van der Waals surface area contributed by atoms with Crippen LogP contribution in [0.5, 0.6) is 0 Å². The van der Waals surface area contributed by atoms with Crippen LogP contribution in [0.25, 0.3) is 0 Å². The van der Waals surface area contributed by atoms with Gasteiger partial charge in [0, 0.05) is 29.9 Å². The average molecular weight is 243 g/mol. The van der Waals surface area contributed by atoms with E-state index in [4.69, 9.17) is 16.2 Å². The Kier molecular flexibility index (Phi) is 3.69. The third-order valence-electron chi connectivity index (χ3n) is 2.67. The Morgan fingerprint density at radius 2 is 1.22 bits per heavy atom. The molecule has 0 heterocycles. The minimum absolute atomic E-state index is 0.466. The number of hydrogen-bond donors (Lipinski definition) is 2. The summed E-state index contributed by atoms with van der Waals surface area (Å²) in [5.41, 5.74) is 14.9. The first kappa shape index (κ1) is 12.3. The lowest BCUT2D eigenvalue weighted by Crippen LogP contribution is -2.19. The lowest BCUT2D eigenvalue weighted by Gasteiger charge is -2.24. The molecule has 2 aromatic carbocycles. The first-order valence-electron chi connectivity index (χ1n) is 5.68. The lowest BCUT2D eigenvalue weighted by molar-refractivity contribution is 0.206. The number of rotatable bonds is 4. The Labute approximate surface area is 107 Å². The van der Waals surface area contributed by atoms with Gasteiger partial charge >= 0.3 is 0 Å².